The molecule has 0 aromatic heterocycles. The summed E-state index contributed by atoms with van der Waals surface area (Å²) in [6.45, 7) is 6.74. The number of hydrogen-bond donors (Lipinski definition) is 2. The normalized spacial score (nSPS) is 48.1. The Morgan fingerprint density at radius 3 is 2.41 bits per heavy atom. The van der Waals surface area contributed by atoms with Gasteiger partial charge >= 0.3 is 17.9 Å². The van der Waals surface area contributed by atoms with Crippen LogP contribution in [0.2, 0.25) is 0 Å². The minimum absolute atomic E-state index is 0.0528. The number of ether oxygens (including phenoxy) is 5. The lowest BCUT2D eigenvalue weighted by molar-refractivity contribution is -0.287. The van der Waals surface area contributed by atoms with Gasteiger partial charge in [-0.15, -0.1) is 0 Å². The zero-order valence-electron chi connectivity index (χ0n) is 26.1. The van der Waals surface area contributed by atoms with Crippen LogP contribution in [0.5, 0.6) is 0 Å². The maximum absolute atomic E-state index is 12.5. The molecular formula is C33H45NO10. The molecule has 12 unspecified atom stereocenters. The average Bonchev–Trinajstić information content (AvgIpc) is 3.49. The van der Waals surface area contributed by atoms with Crippen LogP contribution in [0.3, 0.4) is 0 Å². The van der Waals surface area contributed by atoms with Gasteiger partial charge in [-0.05, 0) is 81.6 Å². The molecule has 11 heteroatoms. The summed E-state index contributed by atoms with van der Waals surface area (Å²) < 4.78 is 28.5. The highest BCUT2D eigenvalue weighted by atomic mass is 16.7. The number of carbonyl (C=O) groups excluding carboxylic acids is 3. The van der Waals surface area contributed by atoms with E-state index >= 15 is 0 Å². The van der Waals surface area contributed by atoms with Crippen molar-refractivity contribution in [3.63, 3.8) is 0 Å². The largest absolute Gasteiger partial charge is 0.458 e. The van der Waals surface area contributed by atoms with Gasteiger partial charge in [-0.2, -0.15) is 5.26 Å². The van der Waals surface area contributed by atoms with Crippen LogP contribution in [0.1, 0.15) is 91.9 Å². The second-order valence-corrected chi connectivity index (χ2v) is 14.4. The molecule has 11 nitrogen and oxygen atoms in total. The third kappa shape index (κ3) is 4.79. The second-order valence-electron chi connectivity index (χ2n) is 14.4. The number of nitrogens with zero attached hydrogens (tertiary/aromatic N) is 1. The molecule has 4 aliphatic carbocycles. The minimum Gasteiger partial charge on any atom is -0.458 e. The Balaban J connectivity index is 1.18. The van der Waals surface area contributed by atoms with Gasteiger partial charge in [-0.1, -0.05) is 6.92 Å². The molecule has 4 saturated carbocycles. The topological polar surface area (TPSA) is 162 Å². The smallest absolute Gasteiger partial charge is 0.331 e. The van der Waals surface area contributed by atoms with Gasteiger partial charge in [0.1, 0.15) is 12.7 Å². The Bertz CT molecular complexity index is 1280. The maximum atomic E-state index is 12.5. The van der Waals surface area contributed by atoms with Crippen molar-refractivity contribution in [3.8, 4) is 6.07 Å². The van der Waals surface area contributed by atoms with E-state index in [9.17, 15) is 29.9 Å². The molecular weight excluding hydrogens is 570 g/mol. The monoisotopic (exact) mass is 615 g/mol. The van der Waals surface area contributed by atoms with Gasteiger partial charge in [0.2, 0.25) is 0 Å². The molecule has 2 aliphatic heterocycles. The van der Waals surface area contributed by atoms with Gasteiger partial charge in [0.05, 0.1) is 34.9 Å². The third-order valence-electron chi connectivity index (χ3n) is 12.3. The number of carbonyl (C=O) groups is 3. The van der Waals surface area contributed by atoms with E-state index in [1.807, 2.05) is 0 Å². The third-order valence-corrected chi connectivity index (χ3v) is 12.3. The lowest BCUT2D eigenvalue weighted by atomic mass is 9.41. The van der Waals surface area contributed by atoms with E-state index in [1.165, 1.54) is 13.8 Å². The number of nitriles is 1. The van der Waals surface area contributed by atoms with E-state index in [-0.39, 0.29) is 43.2 Å². The van der Waals surface area contributed by atoms with Crippen LogP contribution >= 0.6 is 0 Å². The molecule has 2 N–H and O–H groups in total. The van der Waals surface area contributed by atoms with Crippen LogP contribution in [0.4, 0.5) is 0 Å². The summed E-state index contributed by atoms with van der Waals surface area (Å²) in [5.41, 5.74) is -2.78. The van der Waals surface area contributed by atoms with Crippen molar-refractivity contribution in [2.45, 2.75) is 134 Å². The summed E-state index contributed by atoms with van der Waals surface area (Å²) in [6, 6.07) is 2.59. The molecule has 0 spiro atoms. The molecule has 2 heterocycles. The molecule has 44 heavy (non-hydrogen) atoms. The quantitative estimate of drug-likeness (QED) is 0.265. The summed E-state index contributed by atoms with van der Waals surface area (Å²) in [4.78, 5) is 35.3. The molecule has 1 saturated heterocycles. The first kappa shape index (κ1) is 31.5. The average molecular weight is 616 g/mol. The van der Waals surface area contributed by atoms with Crippen molar-refractivity contribution in [1.29, 1.82) is 5.26 Å². The number of esters is 3. The van der Waals surface area contributed by atoms with Crippen molar-refractivity contribution in [3.05, 3.63) is 11.6 Å². The minimum atomic E-state index is -1.29. The van der Waals surface area contributed by atoms with Gasteiger partial charge in [0, 0.05) is 38.2 Å². The molecule has 0 aromatic rings. The molecule has 0 aromatic carbocycles. The van der Waals surface area contributed by atoms with E-state index in [1.54, 1.807) is 13.0 Å². The summed E-state index contributed by atoms with van der Waals surface area (Å²) in [7, 11) is 0. The van der Waals surface area contributed by atoms with Gasteiger partial charge < -0.3 is 33.9 Å². The van der Waals surface area contributed by atoms with Gasteiger partial charge in [0.15, 0.2) is 12.4 Å². The van der Waals surface area contributed by atoms with Crippen LogP contribution in [0.25, 0.3) is 0 Å². The highest BCUT2D eigenvalue weighted by molar-refractivity contribution is 5.85. The van der Waals surface area contributed by atoms with Gasteiger partial charge in [-0.3, -0.25) is 9.59 Å². The Morgan fingerprint density at radius 1 is 1.02 bits per heavy atom. The number of fused-ring (bicyclic) bond motifs is 5. The summed E-state index contributed by atoms with van der Waals surface area (Å²) in [5, 5.41) is 35.5. The lowest BCUT2D eigenvalue weighted by Gasteiger charge is -2.64. The van der Waals surface area contributed by atoms with E-state index in [0.717, 1.165) is 12.0 Å². The van der Waals surface area contributed by atoms with Crippen molar-refractivity contribution in [1.82, 2.24) is 0 Å². The van der Waals surface area contributed by atoms with E-state index in [2.05, 4.69) is 13.0 Å². The van der Waals surface area contributed by atoms with E-state index < -0.39 is 64.7 Å². The summed E-state index contributed by atoms with van der Waals surface area (Å²) >= 11 is 0. The zero-order chi connectivity index (χ0) is 31.7. The maximum Gasteiger partial charge on any atom is 0.331 e. The first-order valence-electron chi connectivity index (χ1n) is 16.1. The molecule has 6 rings (SSSR count). The predicted octanol–water partition coefficient (Wildman–Crippen LogP) is 3.25. The number of rotatable bonds is 5. The van der Waals surface area contributed by atoms with Crippen molar-refractivity contribution < 1.29 is 48.3 Å². The van der Waals surface area contributed by atoms with Crippen LogP contribution in [-0.4, -0.2) is 76.6 Å². The number of cyclic esters (lactones) is 1. The Morgan fingerprint density at radius 2 is 1.75 bits per heavy atom. The fourth-order valence-electron chi connectivity index (χ4n) is 10.4. The Labute approximate surface area is 258 Å². The molecule has 12 atom stereocenters. The predicted molar refractivity (Wildman–Crippen MR) is 152 cm³/mol. The first-order chi connectivity index (χ1) is 20.7. The highest BCUT2D eigenvalue weighted by Gasteiger charge is 2.72. The Kier molecular flexibility index (Phi) is 7.92. The van der Waals surface area contributed by atoms with E-state index in [4.69, 9.17) is 23.7 Å². The van der Waals surface area contributed by atoms with Crippen molar-refractivity contribution in [2.75, 3.05) is 6.61 Å². The summed E-state index contributed by atoms with van der Waals surface area (Å²) in [6.07, 6.45) is 3.53. The van der Waals surface area contributed by atoms with Crippen molar-refractivity contribution in [2.24, 2.45) is 28.6 Å². The molecule has 5 fully saturated rings. The molecule has 6 aliphatic rings. The van der Waals surface area contributed by atoms with Crippen LogP contribution in [0, 0.1) is 39.9 Å². The molecule has 0 bridgehead atoms. The highest BCUT2D eigenvalue weighted by Crippen LogP contribution is 2.70. The fourth-order valence-corrected chi connectivity index (χ4v) is 10.4. The van der Waals surface area contributed by atoms with Crippen molar-refractivity contribution >= 4 is 17.9 Å². The molecule has 0 radical (unpaired) electrons. The van der Waals surface area contributed by atoms with E-state index in [0.29, 0.717) is 44.9 Å². The standard InChI is InChI=1S/C33H45NO10/c1-18-29(43-20(3)36)26(42-19(2)35)14-28(41-18)44-22-5-10-31(17-34)24-6-9-30(4)23(21-13-27(37)40-16-21)8-12-33(30,39)25(24)7-11-32(31,38)15-22/h13,18,22-26,28-29,38-39H,5-12,14-16H2,1-4H3. The fraction of sp³-hybridized carbons (Fsp3) is 0.818. The zero-order valence-corrected chi connectivity index (χ0v) is 26.1. The van der Waals surface area contributed by atoms with Crippen LogP contribution in [-0.2, 0) is 38.1 Å². The molecule has 0 amide bonds. The number of aliphatic hydroxyl groups is 2. The Hall–Kier alpha value is -2.52. The number of hydrogen-bond acceptors (Lipinski definition) is 11. The first-order valence-corrected chi connectivity index (χ1v) is 16.1. The van der Waals surface area contributed by atoms with Gasteiger partial charge in [-0.25, -0.2) is 4.79 Å². The molecule has 242 valence electrons. The summed E-state index contributed by atoms with van der Waals surface area (Å²) in [5.74, 6) is -1.56. The lowest BCUT2D eigenvalue weighted by Crippen LogP contribution is -2.68. The van der Waals surface area contributed by atoms with Gasteiger partial charge in [0.25, 0.3) is 0 Å². The SMILES string of the molecule is CC(=O)OC1CC(OC2CCC3(C#N)C4CCC5(C)C(C6=CC(=O)OC6)CCC5(O)C4CCC3(O)C2)OC(C)C1OC(C)=O. The second kappa shape index (κ2) is 11.1. The van der Waals surface area contributed by atoms with Crippen LogP contribution in [0.15, 0.2) is 11.6 Å². The van der Waals surface area contributed by atoms with Crippen LogP contribution < -0.4 is 0 Å².